The first-order valence-corrected chi connectivity index (χ1v) is 6.64. The van der Waals surface area contributed by atoms with Crippen molar-refractivity contribution in [2.24, 2.45) is 0 Å². The summed E-state index contributed by atoms with van der Waals surface area (Å²) in [4.78, 5) is 17.1. The number of hydrogen-bond acceptors (Lipinski definition) is 6. The largest absolute Gasteiger partial charge is 0.493 e. The van der Waals surface area contributed by atoms with Crippen LogP contribution in [0.5, 0.6) is 5.88 Å². The number of aromatic nitrogens is 3. The Hall–Kier alpha value is -2.21. The second kappa shape index (κ2) is 5.42. The number of aromatic hydroxyl groups is 1. The van der Waals surface area contributed by atoms with Gasteiger partial charge in [0.2, 0.25) is 5.88 Å². The molecule has 2 aromatic heterocycles. The van der Waals surface area contributed by atoms with Crippen LogP contribution in [0.4, 0.5) is 5.69 Å². The summed E-state index contributed by atoms with van der Waals surface area (Å²) in [5.74, 6) is 0.405. The van der Waals surface area contributed by atoms with Crippen molar-refractivity contribution >= 4 is 5.69 Å². The highest BCUT2D eigenvalue weighted by Crippen LogP contribution is 2.21. The lowest BCUT2D eigenvalue weighted by molar-refractivity contribution is 0.313. The fraction of sp³-hybridized carbons (Fsp3) is 0.357. The van der Waals surface area contributed by atoms with Gasteiger partial charge in [-0.15, -0.1) is 0 Å². The maximum atomic E-state index is 9.43. The summed E-state index contributed by atoms with van der Waals surface area (Å²) in [6, 6.07) is 5.42. The Morgan fingerprint density at radius 3 is 2.55 bits per heavy atom. The Labute approximate surface area is 117 Å². The van der Waals surface area contributed by atoms with Gasteiger partial charge in [0, 0.05) is 50.3 Å². The van der Waals surface area contributed by atoms with Gasteiger partial charge in [0.1, 0.15) is 5.69 Å². The number of nitrogens with zero attached hydrogens (tertiary/aromatic N) is 5. The van der Waals surface area contributed by atoms with E-state index in [0.29, 0.717) is 11.5 Å². The maximum Gasteiger partial charge on any atom is 0.214 e. The first kappa shape index (κ1) is 12.8. The fourth-order valence-electron chi connectivity index (χ4n) is 2.28. The van der Waals surface area contributed by atoms with Crippen LogP contribution in [0.3, 0.4) is 0 Å². The van der Waals surface area contributed by atoms with Crippen molar-refractivity contribution < 1.29 is 5.11 Å². The van der Waals surface area contributed by atoms with E-state index >= 15 is 0 Å². The van der Waals surface area contributed by atoms with Crippen LogP contribution in [0.25, 0.3) is 11.5 Å². The molecule has 1 fully saturated rings. The Morgan fingerprint density at radius 2 is 1.80 bits per heavy atom. The first-order chi connectivity index (χ1) is 9.72. The van der Waals surface area contributed by atoms with Gasteiger partial charge in [0.15, 0.2) is 5.82 Å². The van der Waals surface area contributed by atoms with Gasteiger partial charge in [-0.2, -0.15) is 4.98 Å². The second-order valence-electron chi connectivity index (χ2n) is 4.93. The third kappa shape index (κ3) is 2.70. The van der Waals surface area contributed by atoms with Crippen molar-refractivity contribution in [1.82, 2.24) is 19.9 Å². The standard InChI is InChI=1S/C14H17N5O/c1-18-6-8-19(9-7-18)11-2-4-15-12(10-11)14-16-5-3-13(20)17-14/h2-5,10H,6-9H2,1H3,(H,16,17,20). The number of piperazine rings is 1. The molecule has 1 aliphatic heterocycles. The highest BCUT2D eigenvalue weighted by molar-refractivity contribution is 5.59. The van der Waals surface area contributed by atoms with E-state index in [2.05, 4.69) is 31.8 Å². The summed E-state index contributed by atoms with van der Waals surface area (Å²) >= 11 is 0. The molecular weight excluding hydrogens is 254 g/mol. The molecule has 0 aliphatic carbocycles. The van der Waals surface area contributed by atoms with Gasteiger partial charge in [-0.25, -0.2) is 4.98 Å². The molecule has 0 amide bonds. The molecule has 0 saturated carbocycles. The minimum atomic E-state index is -0.0400. The molecule has 104 valence electrons. The van der Waals surface area contributed by atoms with E-state index in [-0.39, 0.29) is 5.88 Å². The molecule has 3 heterocycles. The monoisotopic (exact) mass is 271 g/mol. The van der Waals surface area contributed by atoms with Crippen molar-refractivity contribution in [2.75, 3.05) is 38.1 Å². The number of hydrogen-bond donors (Lipinski definition) is 1. The average molecular weight is 271 g/mol. The van der Waals surface area contributed by atoms with Gasteiger partial charge in [-0.3, -0.25) is 4.98 Å². The number of rotatable bonds is 2. The smallest absolute Gasteiger partial charge is 0.214 e. The zero-order valence-corrected chi connectivity index (χ0v) is 11.4. The Balaban J connectivity index is 1.86. The highest BCUT2D eigenvalue weighted by atomic mass is 16.3. The van der Waals surface area contributed by atoms with Crippen LogP contribution in [0, 0.1) is 0 Å². The van der Waals surface area contributed by atoms with Crippen LogP contribution in [0.15, 0.2) is 30.6 Å². The van der Waals surface area contributed by atoms with Crippen molar-refractivity contribution in [1.29, 1.82) is 0 Å². The molecule has 0 aromatic carbocycles. The van der Waals surface area contributed by atoms with E-state index in [1.54, 1.807) is 6.20 Å². The molecular formula is C14H17N5O. The Kier molecular flexibility index (Phi) is 3.47. The van der Waals surface area contributed by atoms with Crippen LogP contribution >= 0.6 is 0 Å². The molecule has 20 heavy (non-hydrogen) atoms. The third-order valence-electron chi connectivity index (χ3n) is 3.48. The zero-order chi connectivity index (χ0) is 13.9. The van der Waals surface area contributed by atoms with Gasteiger partial charge in [-0.1, -0.05) is 0 Å². The zero-order valence-electron chi connectivity index (χ0n) is 11.4. The normalized spacial score (nSPS) is 16.4. The predicted octanol–water partition coefficient (Wildman–Crippen LogP) is 0.996. The van der Waals surface area contributed by atoms with Crippen molar-refractivity contribution in [3.63, 3.8) is 0 Å². The van der Waals surface area contributed by atoms with Gasteiger partial charge in [-0.05, 0) is 19.2 Å². The third-order valence-corrected chi connectivity index (χ3v) is 3.48. The summed E-state index contributed by atoms with van der Waals surface area (Å²) in [5.41, 5.74) is 1.80. The van der Waals surface area contributed by atoms with E-state index in [4.69, 9.17) is 0 Å². The highest BCUT2D eigenvalue weighted by Gasteiger charge is 2.15. The molecule has 1 N–H and O–H groups in total. The lowest BCUT2D eigenvalue weighted by atomic mass is 10.2. The van der Waals surface area contributed by atoms with Crippen LogP contribution in [-0.2, 0) is 0 Å². The van der Waals surface area contributed by atoms with Crippen LogP contribution in [-0.4, -0.2) is 58.2 Å². The van der Waals surface area contributed by atoms with E-state index in [9.17, 15) is 5.11 Å². The molecule has 0 spiro atoms. The molecule has 1 aliphatic rings. The average Bonchev–Trinajstić information content (AvgIpc) is 2.48. The fourth-order valence-corrected chi connectivity index (χ4v) is 2.28. The molecule has 1 saturated heterocycles. The predicted molar refractivity (Wildman–Crippen MR) is 76.6 cm³/mol. The number of pyridine rings is 1. The van der Waals surface area contributed by atoms with E-state index in [1.165, 1.54) is 12.3 Å². The quantitative estimate of drug-likeness (QED) is 0.879. The lowest BCUT2D eigenvalue weighted by Gasteiger charge is -2.34. The van der Waals surface area contributed by atoms with Gasteiger partial charge >= 0.3 is 0 Å². The molecule has 0 atom stereocenters. The van der Waals surface area contributed by atoms with E-state index < -0.39 is 0 Å². The summed E-state index contributed by atoms with van der Waals surface area (Å²) in [7, 11) is 2.13. The van der Waals surface area contributed by atoms with Gasteiger partial charge in [0.05, 0.1) is 0 Å². The second-order valence-corrected chi connectivity index (χ2v) is 4.93. The lowest BCUT2D eigenvalue weighted by Crippen LogP contribution is -2.44. The van der Waals surface area contributed by atoms with Gasteiger partial charge < -0.3 is 14.9 Å². The van der Waals surface area contributed by atoms with Crippen molar-refractivity contribution in [3.8, 4) is 17.4 Å². The molecule has 0 unspecified atom stereocenters. The molecule has 6 heteroatoms. The van der Waals surface area contributed by atoms with Crippen LogP contribution in [0.2, 0.25) is 0 Å². The van der Waals surface area contributed by atoms with E-state index in [0.717, 1.165) is 31.9 Å². The molecule has 2 aromatic rings. The van der Waals surface area contributed by atoms with Crippen molar-refractivity contribution in [2.45, 2.75) is 0 Å². The molecule has 0 radical (unpaired) electrons. The summed E-state index contributed by atoms with van der Waals surface area (Å²) in [5, 5.41) is 9.43. The minimum absolute atomic E-state index is 0.0400. The summed E-state index contributed by atoms with van der Waals surface area (Å²) < 4.78 is 0. The number of likely N-dealkylation sites (N-methyl/N-ethyl adjacent to an activating group) is 1. The first-order valence-electron chi connectivity index (χ1n) is 6.64. The minimum Gasteiger partial charge on any atom is -0.493 e. The summed E-state index contributed by atoms with van der Waals surface area (Å²) in [6.45, 7) is 4.11. The number of anilines is 1. The SMILES string of the molecule is CN1CCN(c2ccnc(-c3nccc(O)n3)c2)CC1. The molecule has 6 nitrogen and oxygen atoms in total. The van der Waals surface area contributed by atoms with Gasteiger partial charge in [0.25, 0.3) is 0 Å². The summed E-state index contributed by atoms with van der Waals surface area (Å²) in [6.07, 6.45) is 3.29. The Bertz CT molecular complexity index is 596. The van der Waals surface area contributed by atoms with Crippen LogP contribution < -0.4 is 4.90 Å². The molecule has 0 bridgehead atoms. The van der Waals surface area contributed by atoms with E-state index in [1.807, 2.05) is 12.1 Å². The van der Waals surface area contributed by atoms with Crippen LogP contribution in [0.1, 0.15) is 0 Å². The molecule has 3 rings (SSSR count). The topological polar surface area (TPSA) is 65.4 Å². The van der Waals surface area contributed by atoms with Crippen molar-refractivity contribution in [3.05, 3.63) is 30.6 Å². The maximum absolute atomic E-state index is 9.43. The Morgan fingerprint density at radius 1 is 1.05 bits per heavy atom.